The fourth-order valence-corrected chi connectivity index (χ4v) is 5.09. The van der Waals surface area contributed by atoms with E-state index in [1.165, 1.54) is 6.07 Å². The van der Waals surface area contributed by atoms with Crippen molar-refractivity contribution in [3.8, 4) is 5.75 Å². The van der Waals surface area contributed by atoms with Crippen LogP contribution in [0.4, 0.5) is 10.2 Å². The maximum Gasteiger partial charge on any atom is 0.166 e. The summed E-state index contributed by atoms with van der Waals surface area (Å²) in [7, 11) is 0. The lowest BCUT2D eigenvalue weighted by molar-refractivity contribution is 0.279. The molecule has 1 aromatic carbocycles. The Morgan fingerprint density at radius 3 is 3.10 bits per heavy atom. The van der Waals surface area contributed by atoms with Gasteiger partial charge in [0.2, 0.25) is 0 Å². The van der Waals surface area contributed by atoms with E-state index in [9.17, 15) is 4.39 Å². The lowest BCUT2D eigenvalue weighted by Gasteiger charge is -2.31. The van der Waals surface area contributed by atoms with Crippen molar-refractivity contribution in [3.63, 3.8) is 0 Å². The van der Waals surface area contributed by atoms with E-state index in [1.807, 2.05) is 19.2 Å². The van der Waals surface area contributed by atoms with E-state index in [0.717, 1.165) is 53.4 Å². The number of fused-ring (bicyclic) bond motifs is 3. The Kier molecular flexibility index (Phi) is 3.32. The molecule has 2 fully saturated rings. The zero-order valence-electron chi connectivity index (χ0n) is 16.2. The van der Waals surface area contributed by atoms with Crippen LogP contribution in [0.1, 0.15) is 30.9 Å². The topological polar surface area (TPSA) is 54.7 Å². The second-order valence-electron chi connectivity index (χ2n) is 8.35. The molecule has 2 aromatic heterocycles. The number of ether oxygens (including phenoxy) is 1. The molecule has 3 aromatic rings. The highest BCUT2D eigenvalue weighted by atomic mass is 19.1. The van der Waals surface area contributed by atoms with E-state index in [2.05, 4.69) is 21.9 Å². The lowest BCUT2D eigenvalue weighted by atomic mass is 10.0. The fourth-order valence-electron chi connectivity index (χ4n) is 5.09. The highest BCUT2D eigenvalue weighted by Gasteiger charge is 2.64. The second-order valence-corrected chi connectivity index (χ2v) is 8.35. The molecule has 2 bridgehead atoms. The fraction of sp³-hybridized carbons (Fsp3) is 0.364. The van der Waals surface area contributed by atoms with Gasteiger partial charge in [0, 0.05) is 24.0 Å². The average Bonchev–Trinajstić information content (AvgIpc) is 3.09. The van der Waals surface area contributed by atoms with Crippen molar-refractivity contribution in [2.24, 2.45) is 5.92 Å². The van der Waals surface area contributed by atoms with Gasteiger partial charge < -0.3 is 15.0 Å². The van der Waals surface area contributed by atoms with Gasteiger partial charge in [-0.15, -0.1) is 0 Å². The van der Waals surface area contributed by atoms with Crippen molar-refractivity contribution in [2.75, 3.05) is 18.1 Å². The molecule has 3 atom stereocenters. The van der Waals surface area contributed by atoms with Crippen molar-refractivity contribution in [2.45, 2.75) is 31.3 Å². The molecule has 6 rings (SSSR count). The van der Waals surface area contributed by atoms with Crippen LogP contribution in [0.25, 0.3) is 11.3 Å². The smallest absolute Gasteiger partial charge is 0.166 e. The first-order chi connectivity index (χ1) is 14.1. The molecule has 7 heteroatoms. The number of piperidine rings is 1. The lowest BCUT2D eigenvalue weighted by Crippen LogP contribution is -2.34. The van der Waals surface area contributed by atoms with Gasteiger partial charge in [-0.3, -0.25) is 0 Å². The summed E-state index contributed by atoms with van der Waals surface area (Å²) in [5, 5.41) is 7.81. The average molecular weight is 391 g/mol. The highest BCUT2D eigenvalue weighted by Crippen LogP contribution is 2.64. The van der Waals surface area contributed by atoms with Crippen molar-refractivity contribution in [3.05, 3.63) is 60.2 Å². The Morgan fingerprint density at radius 2 is 2.24 bits per heavy atom. The third-order valence-electron chi connectivity index (χ3n) is 6.53. The molecule has 4 heterocycles. The molecule has 0 amide bonds. The summed E-state index contributed by atoms with van der Waals surface area (Å²) >= 11 is 0. The zero-order chi connectivity index (χ0) is 19.8. The molecule has 1 saturated carbocycles. The molecule has 148 valence electrons. The summed E-state index contributed by atoms with van der Waals surface area (Å²) in [5.41, 5.74) is 3.10. The number of hydrogen-bond acceptors (Lipinski definition) is 5. The molecule has 0 radical (unpaired) electrons. The van der Waals surface area contributed by atoms with Gasteiger partial charge in [-0.25, -0.2) is 13.9 Å². The van der Waals surface area contributed by atoms with Crippen molar-refractivity contribution >= 4 is 17.2 Å². The van der Waals surface area contributed by atoms with Crippen LogP contribution in [0.3, 0.4) is 0 Å². The first-order valence-electron chi connectivity index (χ1n) is 10.1. The van der Waals surface area contributed by atoms with Crippen LogP contribution in [0.2, 0.25) is 0 Å². The highest BCUT2D eigenvalue weighted by molar-refractivity contribution is 5.74. The summed E-state index contributed by atoms with van der Waals surface area (Å²) in [6.45, 7) is 7.57. The van der Waals surface area contributed by atoms with E-state index in [0.29, 0.717) is 12.5 Å². The van der Waals surface area contributed by atoms with Gasteiger partial charge in [0.25, 0.3) is 0 Å². The maximum atomic E-state index is 14.3. The summed E-state index contributed by atoms with van der Waals surface area (Å²) in [5.74, 6) is 1.90. The molecular formula is C22H22FN5O. The molecule has 1 N–H and O–H groups in total. The van der Waals surface area contributed by atoms with Gasteiger partial charge in [0.05, 0.1) is 23.3 Å². The maximum absolute atomic E-state index is 14.3. The monoisotopic (exact) mass is 391 g/mol. The van der Waals surface area contributed by atoms with E-state index in [-0.39, 0.29) is 17.4 Å². The zero-order valence-corrected chi connectivity index (χ0v) is 16.2. The third kappa shape index (κ3) is 2.33. The largest absolute Gasteiger partial charge is 0.491 e. The quantitative estimate of drug-likeness (QED) is 0.637. The molecule has 0 unspecified atom stereocenters. The van der Waals surface area contributed by atoms with Crippen LogP contribution >= 0.6 is 0 Å². The Labute approximate surface area is 168 Å². The number of benzene rings is 1. The molecule has 2 aliphatic heterocycles. The minimum atomic E-state index is -0.245. The van der Waals surface area contributed by atoms with Crippen LogP contribution in [0, 0.1) is 11.7 Å². The Balaban J connectivity index is 1.57. The van der Waals surface area contributed by atoms with Gasteiger partial charge in [0.15, 0.2) is 5.65 Å². The van der Waals surface area contributed by atoms with Gasteiger partial charge >= 0.3 is 0 Å². The van der Waals surface area contributed by atoms with E-state index < -0.39 is 0 Å². The standard InChI is InChI=1S/C22H22FN5O/c1-13-12-29-19-4-3-16(23)9-18(19)22-10-15(22)5-7-27(22)20-6-8-28-21(26-20)17(11-24-28)14(2)25-13/h3-4,6,8-9,11,13,15,25H,2,5,7,10,12H2,1H3/t13-,15-,22+/m1/s1. The van der Waals surface area contributed by atoms with Crippen LogP contribution in [0.15, 0.2) is 43.2 Å². The predicted octanol–water partition coefficient (Wildman–Crippen LogP) is 3.34. The van der Waals surface area contributed by atoms with Gasteiger partial charge in [-0.2, -0.15) is 5.10 Å². The minimum absolute atomic E-state index is 0.0199. The Hall–Kier alpha value is -3.09. The first kappa shape index (κ1) is 16.8. The van der Waals surface area contributed by atoms with Gasteiger partial charge in [-0.1, -0.05) is 6.58 Å². The van der Waals surface area contributed by atoms with E-state index in [4.69, 9.17) is 9.72 Å². The van der Waals surface area contributed by atoms with Gasteiger partial charge in [0.1, 0.15) is 24.0 Å². The Morgan fingerprint density at radius 1 is 1.34 bits per heavy atom. The number of nitrogens with zero attached hydrogens (tertiary/aromatic N) is 4. The van der Waals surface area contributed by atoms with Crippen LogP contribution in [0.5, 0.6) is 5.75 Å². The minimum Gasteiger partial charge on any atom is -0.491 e. The normalized spacial score (nSPS) is 27.8. The second kappa shape index (κ2) is 5.72. The number of nitrogens with one attached hydrogen (secondary N) is 1. The van der Waals surface area contributed by atoms with Crippen LogP contribution < -0.4 is 15.0 Å². The first-order valence-corrected chi connectivity index (χ1v) is 10.1. The van der Waals surface area contributed by atoms with Crippen molar-refractivity contribution in [1.29, 1.82) is 0 Å². The Bertz CT molecular complexity index is 1160. The number of halogens is 1. The number of rotatable bonds is 0. The molecule has 1 saturated heterocycles. The van der Waals surface area contributed by atoms with Gasteiger partial charge in [-0.05, 0) is 49.9 Å². The molecule has 29 heavy (non-hydrogen) atoms. The van der Waals surface area contributed by atoms with Crippen LogP contribution in [-0.2, 0) is 5.54 Å². The summed E-state index contributed by atoms with van der Waals surface area (Å²) < 4.78 is 22.2. The SMILES string of the molecule is C=C1N[C@H](C)COc2ccc(F)cc2[C@]23C[C@H]2CCN3c2ccn3ncc1c3n2. The number of anilines is 1. The van der Waals surface area contributed by atoms with Crippen molar-refractivity contribution < 1.29 is 9.13 Å². The summed E-state index contributed by atoms with van der Waals surface area (Å²) in [6.07, 6.45) is 5.79. The molecule has 1 aliphatic carbocycles. The van der Waals surface area contributed by atoms with E-state index >= 15 is 0 Å². The number of hydrogen-bond donors (Lipinski definition) is 1. The third-order valence-corrected chi connectivity index (χ3v) is 6.53. The molecular weight excluding hydrogens is 369 g/mol. The predicted molar refractivity (Wildman–Crippen MR) is 108 cm³/mol. The molecule has 1 spiro atoms. The van der Waals surface area contributed by atoms with Crippen molar-refractivity contribution in [1.82, 2.24) is 19.9 Å². The molecule has 6 nitrogen and oxygen atoms in total. The molecule has 3 aliphatic rings. The van der Waals surface area contributed by atoms with E-state index in [1.54, 1.807) is 22.8 Å². The number of aromatic nitrogens is 3. The van der Waals surface area contributed by atoms with Crippen LogP contribution in [-0.4, -0.2) is 33.8 Å². The summed E-state index contributed by atoms with van der Waals surface area (Å²) in [6, 6.07) is 6.89. The summed E-state index contributed by atoms with van der Waals surface area (Å²) in [4.78, 5) is 7.28.